The largest absolute Gasteiger partial charge is 0.486 e. The highest BCUT2D eigenvalue weighted by Gasteiger charge is 2.17. The number of nitrogens with zero attached hydrogens (tertiary/aromatic N) is 3. The highest BCUT2D eigenvalue weighted by atomic mass is 79.9. The zero-order chi connectivity index (χ0) is 26.9. The third-order valence-corrected chi connectivity index (χ3v) is 7.25. The van der Waals surface area contributed by atoms with Crippen LogP contribution in [0.25, 0.3) is 33.5 Å². The van der Waals surface area contributed by atoms with E-state index in [1.54, 1.807) is 54.7 Å². The first-order valence-electron chi connectivity index (χ1n) is 11.9. The number of furan rings is 1. The smallest absolute Gasteiger partial charge is 0.282 e. The molecule has 6 nitrogen and oxygen atoms in total. The van der Waals surface area contributed by atoms with Crippen molar-refractivity contribution in [3.8, 4) is 17.3 Å². The summed E-state index contributed by atoms with van der Waals surface area (Å²) in [5.41, 5.74) is 2.04. The number of benzene rings is 4. The van der Waals surface area contributed by atoms with E-state index in [2.05, 4.69) is 37.0 Å². The van der Waals surface area contributed by atoms with Crippen LogP contribution >= 0.6 is 31.9 Å². The topological polar surface area (TPSA) is 69.6 Å². The van der Waals surface area contributed by atoms with Crippen molar-refractivity contribution >= 4 is 59.9 Å². The summed E-state index contributed by atoms with van der Waals surface area (Å²) >= 11 is 7.06. The van der Waals surface area contributed by atoms with Crippen molar-refractivity contribution in [3.05, 3.63) is 127 Å². The second-order valence-electron chi connectivity index (χ2n) is 8.66. The van der Waals surface area contributed by atoms with Crippen LogP contribution in [0.2, 0.25) is 0 Å². The average Bonchev–Trinajstić information content (AvgIpc) is 3.37. The monoisotopic (exact) mass is 645 g/mol. The predicted octanol–water partition coefficient (Wildman–Crippen LogP) is 7.94. The fourth-order valence-electron chi connectivity index (χ4n) is 4.16. The lowest BCUT2D eigenvalue weighted by atomic mass is 10.2. The Hall–Kier alpha value is -4.08. The van der Waals surface area contributed by atoms with Crippen molar-refractivity contribution < 1.29 is 13.5 Å². The Kier molecular flexibility index (Phi) is 6.85. The van der Waals surface area contributed by atoms with Gasteiger partial charge in [0, 0.05) is 10.9 Å². The molecular weight excluding hydrogens is 629 g/mol. The van der Waals surface area contributed by atoms with E-state index < -0.39 is 0 Å². The summed E-state index contributed by atoms with van der Waals surface area (Å²) < 4.78 is 28.4. The van der Waals surface area contributed by atoms with Crippen LogP contribution in [-0.4, -0.2) is 15.9 Å². The van der Waals surface area contributed by atoms with Crippen LogP contribution in [0.15, 0.2) is 114 Å². The van der Waals surface area contributed by atoms with Gasteiger partial charge in [-0.2, -0.15) is 9.78 Å². The second-order valence-corrected chi connectivity index (χ2v) is 10.4. The first-order valence-corrected chi connectivity index (χ1v) is 13.5. The van der Waals surface area contributed by atoms with Crippen molar-refractivity contribution in [1.82, 2.24) is 9.66 Å². The van der Waals surface area contributed by atoms with Gasteiger partial charge in [-0.05, 0) is 79.9 Å². The number of rotatable bonds is 6. The number of hydrogen-bond donors (Lipinski definition) is 0. The molecule has 6 aromatic rings. The molecule has 0 bridgehead atoms. The summed E-state index contributed by atoms with van der Waals surface area (Å²) in [5.74, 6) is 0.899. The maximum atomic E-state index is 14.0. The molecule has 0 amide bonds. The van der Waals surface area contributed by atoms with Gasteiger partial charge in [-0.15, -0.1) is 0 Å². The molecule has 0 unspecified atom stereocenters. The van der Waals surface area contributed by atoms with Crippen LogP contribution in [0.5, 0.6) is 5.75 Å². The van der Waals surface area contributed by atoms with Crippen LogP contribution < -0.4 is 10.3 Å². The van der Waals surface area contributed by atoms with Gasteiger partial charge in [0.15, 0.2) is 5.76 Å². The van der Waals surface area contributed by atoms with E-state index in [1.165, 1.54) is 10.7 Å². The summed E-state index contributed by atoms with van der Waals surface area (Å²) in [7, 11) is 0. The lowest BCUT2D eigenvalue weighted by Gasteiger charge is -2.12. The molecule has 2 heterocycles. The van der Waals surface area contributed by atoms with Crippen LogP contribution in [0.4, 0.5) is 4.39 Å². The molecule has 0 fully saturated rings. The van der Waals surface area contributed by atoms with E-state index in [0.29, 0.717) is 48.1 Å². The fourth-order valence-corrected chi connectivity index (χ4v) is 5.61. The van der Waals surface area contributed by atoms with E-state index >= 15 is 0 Å². The minimum absolute atomic E-state index is 0.0658. The molecule has 0 radical (unpaired) electrons. The number of aromatic nitrogens is 2. The van der Waals surface area contributed by atoms with E-state index in [0.717, 1.165) is 5.39 Å². The predicted molar refractivity (Wildman–Crippen MR) is 157 cm³/mol. The third-order valence-electron chi connectivity index (χ3n) is 6.07. The van der Waals surface area contributed by atoms with Gasteiger partial charge in [0.25, 0.3) is 5.56 Å². The standard InChI is InChI=1S/C30H18Br2FN3O3/c31-22-13-18(14-23(32)28(22)38-17-20-8-1-4-10-24(20)33)16-34-36-29(27-15-19-7-2-6-12-26(19)39-27)35-25-11-5-3-9-21(25)30(36)37/h1-16H,17H2. The molecule has 0 saturated carbocycles. The highest BCUT2D eigenvalue weighted by Crippen LogP contribution is 2.35. The van der Waals surface area contributed by atoms with Crippen LogP contribution in [-0.2, 0) is 6.61 Å². The number of hydrogen-bond acceptors (Lipinski definition) is 5. The Balaban J connectivity index is 1.38. The van der Waals surface area contributed by atoms with E-state index in [4.69, 9.17) is 14.1 Å². The van der Waals surface area contributed by atoms with Gasteiger partial charge in [-0.25, -0.2) is 9.37 Å². The Morgan fingerprint density at radius 2 is 1.67 bits per heavy atom. The molecule has 192 valence electrons. The first-order chi connectivity index (χ1) is 19.0. The van der Waals surface area contributed by atoms with E-state index in [1.807, 2.05) is 36.4 Å². The number of fused-ring (bicyclic) bond motifs is 2. The normalized spacial score (nSPS) is 11.6. The molecule has 0 saturated heterocycles. The zero-order valence-electron chi connectivity index (χ0n) is 20.1. The van der Waals surface area contributed by atoms with Gasteiger partial charge in [0.1, 0.15) is 23.8 Å². The molecule has 0 aliphatic rings. The molecule has 0 atom stereocenters. The lowest BCUT2D eigenvalue weighted by molar-refractivity contribution is 0.296. The van der Waals surface area contributed by atoms with Gasteiger partial charge in [0.05, 0.1) is 26.1 Å². The van der Waals surface area contributed by atoms with Gasteiger partial charge in [-0.3, -0.25) is 4.79 Å². The van der Waals surface area contributed by atoms with Gasteiger partial charge >= 0.3 is 0 Å². The number of ether oxygens (including phenoxy) is 1. The highest BCUT2D eigenvalue weighted by molar-refractivity contribution is 9.11. The summed E-state index contributed by atoms with van der Waals surface area (Å²) in [6.45, 7) is 0.0658. The summed E-state index contributed by atoms with van der Waals surface area (Å²) in [4.78, 5) is 18.2. The van der Waals surface area contributed by atoms with E-state index in [-0.39, 0.29) is 23.8 Å². The molecule has 6 rings (SSSR count). The maximum absolute atomic E-state index is 14.0. The van der Waals surface area contributed by atoms with E-state index in [9.17, 15) is 9.18 Å². The SMILES string of the molecule is O=c1c2ccccc2nc(-c2cc3ccccc3o2)n1N=Cc1cc(Br)c(OCc2ccccc2F)c(Br)c1. The quantitative estimate of drug-likeness (QED) is 0.172. The Morgan fingerprint density at radius 1 is 0.949 bits per heavy atom. The van der Waals surface area contributed by atoms with Crippen LogP contribution in [0.1, 0.15) is 11.1 Å². The Morgan fingerprint density at radius 3 is 2.46 bits per heavy atom. The molecule has 9 heteroatoms. The summed E-state index contributed by atoms with van der Waals surface area (Å²) in [5, 5.41) is 5.85. The van der Waals surface area contributed by atoms with Crippen LogP contribution in [0, 0.1) is 5.82 Å². The number of halogens is 3. The molecule has 2 aromatic heterocycles. The Labute approximate surface area is 238 Å². The summed E-state index contributed by atoms with van der Waals surface area (Å²) in [6.07, 6.45) is 1.56. The second kappa shape index (κ2) is 10.6. The van der Waals surface area contributed by atoms with Gasteiger partial charge in [-0.1, -0.05) is 48.5 Å². The van der Waals surface area contributed by atoms with Crippen molar-refractivity contribution in [3.63, 3.8) is 0 Å². The lowest BCUT2D eigenvalue weighted by Crippen LogP contribution is -2.20. The van der Waals surface area contributed by atoms with Crippen LogP contribution in [0.3, 0.4) is 0 Å². The number of para-hydroxylation sites is 2. The van der Waals surface area contributed by atoms with Gasteiger partial charge in [0.2, 0.25) is 5.82 Å². The molecule has 0 spiro atoms. The molecule has 0 aliphatic heterocycles. The van der Waals surface area contributed by atoms with Crippen molar-refractivity contribution in [2.24, 2.45) is 5.10 Å². The van der Waals surface area contributed by atoms with Crippen molar-refractivity contribution in [1.29, 1.82) is 0 Å². The first kappa shape index (κ1) is 25.2. The van der Waals surface area contributed by atoms with Crippen molar-refractivity contribution in [2.75, 3.05) is 0 Å². The fraction of sp³-hybridized carbons (Fsp3) is 0.0333. The van der Waals surface area contributed by atoms with Gasteiger partial charge < -0.3 is 9.15 Å². The summed E-state index contributed by atoms with van der Waals surface area (Å²) in [6, 6.07) is 26.6. The third kappa shape index (κ3) is 5.03. The molecule has 0 N–H and O–H groups in total. The molecule has 39 heavy (non-hydrogen) atoms. The molecule has 4 aromatic carbocycles. The zero-order valence-corrected chi connectivity index (χ0v) is 23.3. The minimum atomic E-state index is -0.330. The molecule has 0 aliphatic carbocycles. The van der Waals surface area contributed by atoms with Crippen molar-refractivity contribution in [2.45, 2.75) is 6.61 Å². The minimum Gasteiger partial charge on any atom is -0.486 e. The average molecular weight is 647 g/mol. The maximum Gasteiger partial charge on any atom is 0.282 e. The Bertz CT molecular complexity index is 1890. The molecular formula is C30H18Br2FN3O3.